The first-order chi connectivity index (χ1) is 7.49. The normalized spacial score (nSPS) is 12.3. The number of rotatable bonds is 7. The van der Waals surface area contributed by atoms with Crippen LogP contribution in [-0.4, -0.2) is 29.9 Å². The molecule has 0 aromatic carbocycles. The van der Waals surface area contributed by atoms with E-state index in [1.54, 1.807) is 6.92 Å². The molecule has 0 fully saturated rings. The summed E-state index contributed by atoms with van der Waals surface area (Å²) in [4.78, 5) is 22.2. The van der Waals surface area contributed by atoms with Crippen LogP contribution >= 0.6 is 15.9 Å². The number of hydrogen-bond donors (Lipinski definition) is 1. The molecule has 0 rings (SSSR count). The number of esters is 1. The first-order valence-electron chi connectivity index (χ1n) is 5.57. The van der Waals surface area contributed by atoms with Gasteiger partial charge in [-0.3, -0.25) is 9.59 Å². The molecule has 1 amide bonds. The van der Waals surface area contributed by atoms with Gasteiger partial charge in [0.05, 0.1) is 6.61 Å². The number of amides is 1. The summed E-state index contributed by atoms with van der Waals surface area (Å²) in [5.74, 6) is -0.190. The Labute approximate surface area is 105 Å². The van der Waals surface area contributed by atoms with Crippen molar-refractivity contribution >= 4 is 27.8 Å². The van der Waals surface area contributed by atoms with Crippen molar-refractivity contribution in [1.82, 2.24) is 5.32 Å². The summed E-state index contributed by atoms with van der Waals surface area (Å²) in [5, 5.41) is 2.80. The molecule has 4 nitrogen and oxygen atoms in total. The zero-order chi connectivity index (χ0) is 12.6. The molecule has 5 heteroatoms. The Bertz CT molecular complexity index is 231. The molecule has 94 valence electrons. The summed E-state index contributed by atoms with van der Waals surface area (Å²) in [5.41, 5.74) is 0. The Hall–Kier alpha value is -0.580. The molecule has 0 aliphatic carbocycles. The summed E-state index contributed by atoms with van der Waals surface area (Å²) in [6, 6.07) is 0. The van der Waals surface area contributed by atoms with Crippen molar-refractivity contribution in [2.24, 2.45) is 5.92 Å². The largest absolute Gasteiger partial charge is 0.465 e. The fourth-order valence-electron chi connectivity index (χ4n) is 1.05. The highest BCUT2D eigenvalue weighted by atomic mass is 79.9. The van der Waals surface area contributed by atoms with E-state index in [0.29, 0.717) is 19.6 Å². The maximum Gasteiger partial charge on any atom is 0.319 e. The summed E-state index contributed by atoms with van der Waals surface area (Å²) in [7, 11) is 0. The van der Waals surface area contributed by atoms with Crippen molar-refractivity contribution < 1.29 is 14.3 Å². The first-order valence-corrected chi connectivity index (χ1v) is 6.49. The molecule has 16 heavy (non-hydrogen) atoms. The monoisotopic (exact) mass is 293 g/mol. The highest BCUT2D eigenvalue weighted by Gasteiger charge is 2.15. The third kappa shape index (κ3) is 6.82. The lowest BCUT2D eigenvalue weighted by Gasteiger charge is -2.10. The van der Waals surface area contributed by atoms with Gasteiger partial charge in [-0.1, -0.05) is 29.8 Å². The third-order valence-electron chi connectivity index (χ3n) is 2.00. The minimum atomic E-state index is -0.275. The van der Waals surface area contributed by atoms with Gasteiger partial charge in [-0.15, -0.1) is 0 Å². The Balaban J connectivity index is 3.58. The molecular weight excluding hydrogens is 274 g/mol. The van der Waals surface area contributed by atoms with E-state index in [0.717, 1.165) is 6.42 Å². The van der Waals surface area contributed by atoms with E-state index in [1.807, 2.05) is 13.8 Å². The van der Waals surface area contributed by atoms with Crippen molar-refractivity contribution in [3.05, 3.63) is 0 Å². The van der Waals surface area contributed by atoms with Crippen LogP contribution in [0.3, 0.4) is 0 Å². The second-order valence-electron chi connectivity index (χ2n) is 3.81. The fourth-order valence-corrected chi connectivity index (χ4v) is 1.50. The smallest absolute Gasteiger partial charge is 0.319 e. The molecule has 0 saturated heterocycles. The van der Waals surface area contributed by atoms with E-state index in [9.17, 15) is 9.59 Å². The first kappa shape index (κ1) is 15.4. The Morgan fingerprint density at radius 2 is 2.00 bits per heavy atom. The SMILES string of the molecule is CCOC(=O)C(Br)CCCNC(=O)C(C)C. The van der Waals surface area contributed by atoms with Gasteiger partial charge in [-0.25, -0.2) is 0 Å². The lowest BCUT2D eigenvalue weighted by molar-refractivity contribution is -0.142. The van der Waals surface area contributed by atoms with Gasteiger partial charge in [0, 0.05) is 12.5 Å². The van der Waals surface area contributed by atoms with Gasteiger partial charge in [-0.2, -0.15) is 0 Å². The van der Waals surface area contributed by atoms with E-state index >= 15 is 0 Å². The van der Waals surface area contributed by atoms with E-state index in [4.69, 9.17) is 4.74 Å². The number of carbonyl (C=O) groups excluding carboxylic acids is 2. The molecule has 0 radical (unpaired) electrons. The highest BCUT2D eigenvalue weighted by molar-refractivity contribution is 9.10. The van der Waals surface area contributed by atoms with E-state index in [2.05, 4.69) is 21.2 Å². The van der Waals surface area contributed by atoms with Gasteiger partial charge in [-0.05, 0) is 19.8 Å². The van der Waals surface area contributed by atoms with Gasteiger partial charge < -0.3 is 10.1 Å². The molecule has 0 aromatic rings. The summed E-state index contributed by atoms with van der Waals surface area (Å²) < 4.78 is 4.85. The Morgan fingerprint density at radius 3 is 2.50 bits per heavy atom. The lowest BCUT2D eigenvalue weighted by atomic mass is 10.2. The molecule has 0 bridgehead atoms. The van der Waals surface area contributed by atoms with Crippen LogP contribution < -0.4 is 5.32 Å². The van der Waals surface area contributed by atoms with Gasteiger partial charge in [0.1, 0.15) is 4.83 Å². The molecule has 0 aliphatic heterocycles. The van der Waals surface area contributed by atoms with Crippen molar-refractivity contribution in [2.45, 2.75) is 38.4 Å². The molecule has 0 spiro atoms. The number of alkyl halides is 1. The Morgan fingerprint density at radius 1 is 1.38 bits per heavy atom. The minimum Gasteiger partial charge on any atom is -0.465 e. The third-order valence-corrected chi connectivity index (χ3v) is 2.83. The van der Waals surface area contributed by atoms with E-state index in [1.165, 1.54) is 0 Å². The van der Waals surface area contributed by atoms with Crippen LogP contribution in [0.4, 0.5) is 0 Å². The van der Waals surface area contributed by atoms with Crippen molar-refractivity contribution in [2.75, 3.05) is 13.2 Å². The van der Waals surface area contributed by atoms with Gasteiger partial charge in [0.25, 0.3) is 0 Å². The van der Waals surface area contributed by atoms with Crippen LogP contribution in [0.1, 0.15) is 33.6 Å². The highest BCUT2D eigenvalue weighted by Crippen LogP contribution is 2.09. The second-order valence-corrected chi connectivity index (χ2v) is 4.91. The van der Waals surface area contributed by atoms with Gasteiger partial charge in [0.15, 0.2) is 0 Å². The summed E-state index contributed by atoms with van der Waals surface area (Å²) >= 11 is 3.25. The molecule has 1 N–H and O–H groups in total. The molecule has 0 saturated carbocycles. The minimum absolute atomic E-state index is 0.00447. The maximum absolute atomic E-state index is 11.2. The number of nitrogens with one attached hydrogen (secondary N) is 1. The van der Waals surface area contributed by atoms with Crippen LogP contribution in [0, 0.1) is 5.92 Å². The van der Waals surface area contributed by atoms with Crippen LogP contribution in [0.5, 0.6) is 0 Å². The predicted molar refractivity (Wildman–Crippen MR) is 66.4 cm³/mol. The summed E-state index contributed by atoms with van der Waals surface area (Å²) in [6.45, 7) is 6.46. The number of carbonyl (C=O) groups is 2. The molecule has 0 aliphatic rings. The molecule has 0 heterocycles. The lowest BCUT2D eigenvalue weighted by Crippen LogP contribution is -2.29. The van der Waals surface area contributed by atoms with Gasteiger partial charge >= 0.3 is 5.97 Å². The van der Waals surface area contributed by atoms with Crippen LogP contribution in [0.25, 0.3) is 0 Å². The van der Waals surface area contributed by atoms with Crippen molar-refractivity contribution in [1.29, 1.82) is 0 Å². The van der Waals surface area contributed by atoms with E-state index in [-0.39, 0.29) is 22.6 Å². The van der Waals surface area contributed by atoms with E-state index < -0.39 is 0 Å². The molecule has 0 aromatic heterocycles. The Kier molecular flexibility index (Phi) is 8.25. The molecule has 1 unspecified atom stereocenters. The quantitative estimate of drug-likeness (QED) is 0.443. The zero-order valence-electron chi connectivity index (χ0n) is 10.1. The summed E-state index contributed by atoms with van der Waals surface area (Å²) in [6.07, 6.45) is 1.42. The molecule has 1 atom stereocenters. The topological polar surface area (TPSA) is 55.4 Å². The average molecular weight is 294 g/mol. The van der Waals surface area contributed by atoms with Crippen molar-refractivity contribution in [3.63, 3.8) is 0 Å². The molecular formula is C11H20BrNO3. The fraction of sp³-hybridized carbons (Fsp3) is 0.818. The van der Waals surface area contributed by atoms with Crippen LogP contribution in [0.2, 0.25) is 0 Å². The average Bonchev–Trinajstić information content (AvgIpc) is 2.23. The number of halogens is 1. The van der Waals surface area contributed by atoms with Crippen molar-refractivity contribution in [3.8, 4) is 0 Å². The number of ether oxygens (including phenoxy) is 1. The zero-order valence-corrected chi connectivity index (χ0v) is 11.7. The number of hydrogen-bond acceptors (Lipinski definition) is 3. The predicted octanol–water partition coefficient (Wildman–Crippen LogP) is 1.87. The van der Waals surface area contributed by atoms with Crippen LogP contribution in [-0.2, 0) is 14.3 Å². The maximum atomic E-state index is 11.2. The second kappa shape index (κ2) is 8.56. The van der Waals surface area contributed by atoms with Gasteiger partial charge in [0.2, 0.25) is 5.91 Å². The van der Waals surface area contributed by atoms with Crippen LogP contribution in [0.15, 0.2) is 0 Å². The standard InChI is InChI=1S/C11H20BrNO3/c1-4-16-11(15)9(12)6-5-7-13-10(14)8(2)3/h8-9H,4-7H2,1-3H3,(H,13,14).